The van der Waals surface area contributed by atoms with Crippen molar-refractivity contribution in [2.45, 2.75) is 137 Å². The molecule has 8 atom stereocenters. The van der Waals surface area contributed by atoms with Gasteiger partial charge in [-0.2, -0.15) is 0 Å². The summed E-state index contributed by atoms with van der Waals surface area (Å²) in [6, 6.07) is 0. The van der Waals surface area contributed by atoms with Gasteiger partial charge in [0, 0.05) is 6.42 Å². The summed E-state index contributed by atoms with van der Waals surface area (Å²) in [7, 11) is -3.57. The highest BCUT2D eigenvalue weighted by Gasteiger charge is 2.50. The maximum absolute atomic E-state index is 13.9. The van der Waals surface area contributed by atoms with Crippen LogP contribution in [0.15, 0.2) is 47.6 Å². The molecule has 3 aliphatic rings. The van der Waals surface area contributed by atoms with E-state index in [1.807, 2.05) is 47.6 Å². The van der Waals surface area contributed by atoms with Crippen molar-refractivity contribution in [3.8, 4) is 0 Å². The molecule has 0 aromatic heterocycles. The first kappa shape index (κ1) is 34.5. The number of allylic oxidation sites excluding steroid dienone is 4. The standard InChI is InChI=1S/C34H57O6P/c1-21(2)33(41(38,39-22(3)4)40-23(5)6)31(36)17-12-24(7)29-15-16-30-26(11-10-18-34(29,30)9)13-14-27-19-28(35)20-32(37)25(27)8/h12-14,17,21-24,28-33,35-37H,8,10-11,15-16,18-20H2,1-7,9H3/b17-12+,26-13-,27-14+/t24?,28-,29?,30+,31+,32+,33?,34-/m1/s1. The normalized spacial score (nSPS) is 33.9. The summed E-state index contributed by atoms with van der Waals surface area (Å²) in [4.78, 5) is 0. The number of rotatable bonds is 11. The Labute approximate surface area is 249 Å². The third-order valence-corrected chi connectivity index (χ3v) is 12.7. The van der Waals surface area contributed by atoms with Gasteiger partial charge in [-0.25, -0.2) is 0 Å². The molecule has 0 heterocycles. The van der Waals surface area contributed by atoms with Crippen LogP contribution in [0.5, 0.6) is 0 Å². The van der Waals surface area contributed by atoms with Gasteiger partial charge in [0.2, 0.25) is 0 Å². The van der Waals surface area contributed by atoms with E-state index in [-0.39, 0.29) is 29.5 Å². The molecule has 41 heavy (non-hydrogen) atoms. The molecular formula is C34H57O6P. The summed E-state index contributed by atoms with van der Waals surface area (Å²) in [6.07, 6.45) is 12.2. The SMILES string of the molecule is C=C1/C(=C/C=C2/CCC[C@]3(C)C(C(C)/C=C/[C@H](O)C(C(C)C)P(=O)(OC(C)C)OC(C)C)CC[C@@H]23)C[C@@H](O)C[C@@H]1O. The van der Waals surface area contributed by atoms with Crippen LogP contribution in [0.2, 0.25) is 0 Å². The molecule has 0 bridgehead atoms. The molecule has 3 N–H and O–H groups in total. The average Bonchev–Trinajstić information content (AvgIpc) is 3.20. The van der Waals surface area contributed by atoms with Crippen LogP contribution in [-0.4, -0.2) is 51.5 Å². The number of hydrogen-bond acceptors (Lipinski definition) is 6. The Kier molecular flexibility index (Phi) is 11.9. The highest BCUT2D eigenvalue weighted by molar-refractivity contribution is 7.54. The summed E-state index contributed by atoms with van der Waals surface area (Å²) >= 11 is 0. The Morgan fingerprint density at radius 2 is 1.63 bits per heavy atom. The Balaban J connectivity index is 1.78. The molecule has 7 heteroatoms. The summed E-state index contributed by atoms with van der Waals surface area (Å²) in [6.45, 7) is 20.0. The van der Waals surface area contributed by atoms with Crippen molar-refractivity contribution in [2.24, 2.45) is 29.1 Å². The second kappa shape index (κ2) is 14.2. The Morgan fingerprint density at radius 3 is 2.22 bits per heavy atom. The minimum Gasteiger partial charge on any atom is -0.393 e. The fourth-order valence-electron chi connectivity index (χ4n) is 7.84. The van der Waals surface area contributed by atoms with Gasteiger partial charge < -0.3 is 24.4 Å². The first-order valence-electron chi connectivity index (χ1n) is 15.9. The van der Waals surface area contributed by atoms with Crippen molar-refractivity contribution in [2.75, 3.05) is 0 Å². The number of aliphatic hydroxyl groups excluding tert-OH is 3. The lowest BCUT2D eigenvalue weighted by atomic mass is 9.61. The van der Waals surface area contributed by atoms with E-state index in [4.69, 9.17) is 9.05 Å². The summed E-state index contributed by atoms with van der Waals surface area (Å²) in [5, 5.41) is 31.7. The predicted molar refractivity (Wildman–Crippen MR) is 168 cm³/mol. The van der Waals surface area contributed by atoms with Gasteiger partial charge in [0.05, 0.1) is 36.2 Å². The smallest absolute Gasteiger partial charge is 0.337 e. The van der Waals surface area contributed by atoms with Crippen LogP contribution in [-0.2, 0) is 13.6 Å². The van der Waals surface area contributed by atoms with Crippen molar-refractivity contribution in [3.05, 3.63) is 47.6 Å². The van der Waals surface area contributed by atoms with E-state index >= 15 is 0 Å². The van der Waals surface area contributed by atoms with Crippen molar-refractivity contribution < 1.29 is 28.9 Å². The zero-order valence-electron chi connectivity index (χ0n) is 26.8. The highest BCUT2D eigenvalue weighted by atomic mass is 31.2. The zero-order valence-corrected chi connectivity index (χ0v) is 27.6. The fourth-order valence-corrected chi connectivity index (χ4v) is 10.6. The predicted octanol–water partition coefficient (Wildman–Crippen LogP) is 7.75. The van der Waals surface area contributed by atoms with Gasteiger partial charge in [-0.3, -0.25) is 4.57 Å². The maximum atomic E-state index is 13.9. The quantitative estimate of drug-likeness (QED) is 0.168. The van der Waals surface area contributed by atoms with Gasteiger partial charge in [-0.15, -0.1) is 0 Å². The van der Waals surface area contributed by atoms with Gasteiger partial charge in [0.15, 0.2) is 0 Å². The topological polar surface area (TPSA) is 96.2 Å². The lowest BCUT2D eigenvalue weighted by Crippen LogP contribution is -2.36. The lowest BCUT2D eigenvalue weighted by Gasteiger charge is -2.44. The van der Waals surface area contributed by atoms with E-state index in [0.717, 1.165) is 36.8 Å². The second-order valence-corrected chi connectivity index (χ2v) is 16.1. The van der Waals surface area contributed by atoms with Crippen molar-refractivity contribution >= 4 is 7.60 Å². The molecule has 3 saturated carbocycles. The van der Waals surface area contributed by atoms with Gasteiger partial charge in [0.25, 0.3) is 0 Å². The van der Waals surface area contributed by atoms with Crippen molar-refractivity contribution in [1.82, 2.24) is 0 Å². The monoisotopic (exact) mass is 592 g/mol. The van der Waals surface area contributed by atoms with Crippen LogP contribution in [0.25, 0.3) is 0 Å². The van der Waals surface area contributed by atoms with Crippen LogP contribution in [0.1, 0.15) is 100 Å². The largest absolute Gasteiger partial charge is 0.393 e. The van der Waals surface area contributed by atoms with Crippen molar-refractivity contribution in [1.29, 1.82) is 0 Å². The third-order valence-electron chi connectivity index (χ3n) is 9.66. The third kappa shape index (κ3) is 8.13. The molecule has 3 fully saturated rings. The van der Waals surface area contributed by atoms with Gasteiger partial charge in [0.1, 0.15) is 0 Å². The minimum atomic E-state index is -3.57. The van der Waals surface area contributed by atoms with E-state index in [1.54, 1.807) is 0 Å². The molecular weight excluding hydrogens is 535 g/mol. The van der Waals surface area contributed by atoms with Gasteiger partial charge in [-0.05, 0) is 106 Å². The van der Waals surface area contributed by atoms with Gasteiger partial charge >= 0.3 is 7.60 Å². The maximum Gasteiger partial charge on any atom is 0.337 e. The Hall–Kier alpha value is -1.01. The van der Waals surface area contributed by atoms with Crippen LogP contribution in [0, 0.1) is 29.1 Å². The number of fused-ring (bicyclic) bond motifs is 1. The van der Waals surface area contributed by atoms with Crippen LogP contribution >= 0.6 is 7.60 Å². The Morgan fingerprint density at radius 1 is 1.00 bits per heavy atom. The van der Waals surface area contributed by atoms with E-state index < -0.39 is 31.6 Å². The molecule has 0 radical (unpaired) electrons. The van der Waals surface area contributed by atoms with Crippen LogP contribution in [0.4, 0.5) is 0 Å². The molecule has 0 saturated heterocycles. The molecule has 234 valence electrons. The number of hydrogen-bond donors (Lipinski definition) is 3. The van der Waals surface area contributed by atoms with Gasteiger partial charge in [-0.1, -0.05) is 64.2 Å². The molecule has 3 rings (SSSR count). The summed E-state index contributed by atoms with van der Waals surface area (Å²) in [5.74, 6) is 1.13. The summed E-state index contributed by atoms with van der Waals surface area (Å²) in [5.41, 5.74) is 2.66. The van der Waals surface area contributed by atoms with Crippen LogP contribution < -0.4 is 0 Å². The molecule has 0 spiro atoms. The lowest BCUT2D eigenvalue weighted by molar-refractivity contribution is 0.0862. The first-order valence-corrected chi connectivity index (χ1v) is 17.5. The van der Waals surface area contributed by atoms with Crippen molar-refractivity contribution in [3.63, 3.8) is 0 Å². The molecule has 0 amide bonds. The minimum absolute atomic E-state index is 0.0932. The van der Waals surface area contributed by atoms with E-state index in [9.17, 15) is 19.9 Å². The molecule has 0 aromatic rings. The summed E-state index contributed by atoms with van der Waals surface area (Å²) < 4.78 is 25.7. The molecule has 3 unspecified atom stereocenters. The first-order chi connectivity index (χ1) is 19.1. The van der Waals surface area contributed by atoms with E-state index in [0.29, 0.717) is 24.7 Å². The number of aliphatic hydroxyl groups is 3. The molecule has 0 aromatic carbocycles. The zero-order chi connectivity index (χ0) is 30.7. The van der Waals surface area contributed by atoms with E-state index in [1.165, 1.54) is 12.0 Å². The Bertz CT molecular complexity index is 1030. The second-order valence-electron chi connectivity index (χ2n) is 14.0. The highest BCUT2D eigenvalue weighted by Crippen LogP contribution is 2.60. The molecule has 6 nitrogen and oxygen atoms in total. The van der Waals surface area contributed by atoms with E-state index in [2.05, 4.69) is 38.7 Å². The molecule has 0 aliphatic heterocycles. The average molecular weight is 593 g/mol. The molecule has 3 aliphatic carbocycles. The fraction of sp³-hybridized carbons (Fsp3) is 0.765. The van der Waals surface area contributed by atoms with Crippen LogP contribution in [0.3, 0.4) is 0 Å².